The average molecular weight is 806 g/mol. The summed E-state index contributed by atoms with van der Waals surface area (Å²) in [6, 6.07) is 81.6. The molecule has 0 amide bonds. The van der Waals surface area contributed by atoms with Crippen LogP contribution >= 0.6 is 0 Å². The van der Waals surface area contributed by atoms with Gasteiger partial charge >= 0.3 is 0 Å². The van der Waals surface area contributed by atoms with Crippen LogP contribution in [0, 0.1) is 0 Å². The van der Waals surface area contributed by atoms with Gasteiger partial charge in [0, 0.05) is 38.5 Å². The molecule has 298 valence electrons. The molecule has 0 unspecified atom stereocenters. The number of hydrogen-bond acceptors (Lipinski definition) is 2. The number of hydrogen-bond donors (Lipinski definition) is 0. The highest BCUT2D eigenvalue weighted by atomic mass is 16.3. The number of benzene rings is 10. The Kier molecular flexibility index (Phi) is 8.55. The molecule has 63 heavy (non-hydrogen) atoms. The molecule has 10 aromatic carbocycles. The summed E-state index contributed by atoms with van der Waals surface area (Å²) in [5.41, 5.74) is 19.7. The molecular formula is C61H43NO. The van der Waals surface area contributed by atoms with Crippen molar-refractivity contribution < 1.29 is 4.42 Å². The zero-order valence-corrected chi connectivity index (χ0v) is 35.2. The maximum absolute atomic E-state index is 6.51. The number of para-hydroxylation sites is 2. The molecule has 0 saturated carbocycles. The molecule has 0 N–H and O–H groups in total. The fraction of sp³-hybridized carbons (Fsp3) is 0.0492. The van der Waals surface area contributed by atoms with Gasteiger partial charge in [0.05, 0.1) is 5.69 Å². The lowest BCUT2D eigenvalue weighted by atomic mass is 9.81. The van der Waals surface area contributed by atoms with Crippen molar-refractivity contribution in [1.29, 1.82) is 0 Å². The number of furan rings is 1. The molecule has 0 fully saturated rings. The van der Waals surface area contributed by atoms with Gasteiger partial charge in [-0.25, -0.2) is 0 Å². The van der Waals surface area contributed by atoms with E-state index in [0.29, 0.717) is 0 Å². The fourth-order valence-corrected chi connectivity index (χ4v) is 10.1. The summed E-state index contributed by atoms with van der Waals surface area (Å²) in [4.78, 5) is 2.45. The SMILES string of the molecule is CC1(C)c2cc(-c3cccc4c3oc3ccccc34)ccc2-c2ccc(N(c3ccc(-c4cccc(-c5ccccc5)c4)cc3)c3ccc(-c4ccccc4)c4ccccc34)cc21. The summed E-state index contributed by atoms with van der Waals surface area (Å²) in [6.07, 6.45) is 0. The highest BCUT2D eigenvalue weighted by Crippen LogP contribution is 2.53. The lowest BCUT2D eigenvalue weighted by molar-refractivity contribution is 0.660. The minimum Gasteiger partial charge on any atom is -0.455 e. The normalized spacial score (nSPS) is 12.7. The number of rotatable bonds is 7. The van der Waals surface area contributed by atoms with Gasteiger partial charge in [0.1, 0.15) is 11.2 Å². The first-order valence-corrected chi connectivity index (χ1v) is 21.8. The molecule has 0 aliphatic heterocycles. The molecule has 1 aliphatic carbocycles. The average Bonchev–Trinajstić information content (AvgIpc) is 3.84. The molecule has 0 spiro atoms. The molecular weight excluding hydrogens is 763 g/mol. The Balaban J connectivity index is 0.984. The van der Waals surface area contributed by atoms with E-state index in [2.05, 4.69) is 237 Å². The molecule has 0 radical (unpaired) electrons. The minimum atomic E-state index is -0.253. The number of nitrogens with zero attached hydrogens (tertiary/aromatic N) is 1. The Bertz CT molecular complexity index is 3520. The smallest absolute Gasteiger partial charge is 0.143 e. The van der Waals surface area contributed by atoms with Crippen molar-refractivity contribution in [2.45, 2.75) is 19.3 Å². The maximum Gasteiger partial charge on any atom is 0.143 e. The highest BCUT2D eigenvalue weighted by Gasteiger charge is 2.36. The van der Waals surface area contributed by atoms with Gasteiger partial charge in [-0.2, -0.15) is 0 Å². The van der Waals surface area contributed by atoms with Gasteiger partial charge < -0.3 is 9.32 Å². The third-order valence-electron chi connectivity index (χ3n) is 13.3. The second kappa shape index (κ2) is 14.6. The molecule has 11 aromatic rings. The van der Waals surface area contributed by atoms with Crippen molar-refractivity contribution in [3.8, 4) is 55.6 Å². The Hall–Kier alpha value is -7.94. The number of fused-ring (bicyclic) bond motifs is 7. The van der Waals surface area contributed by atoms with Gasteiger partial charge in [-0.15, -0.1) is 0 Å². The minimum absolute atomic E-state index is 0.253. The Morgan fingerprint density at radius 2 is 0.873 bits per heavy atom. The topological polar surface area (TPSA) is 16.4 Å². The molecule has 0 bridgehead atoms. The first kappa shape index (κ1) is 36.9. The second-order valence-corrected chi connectivity index (χ2v) is 17.3. The van der Waals surface area contributed by atoms with Gasteiger partial charge in [-0.3, -0.25) is 0 Å². The third-order valence-corrected chi connectivity index (χ3v) is 13.3. The van der Waals surface area contributed by atoms with Crippen LogP contribution in [0.15, 0.2) is 229 Å². The zero-order chi connectivity index (χ0) is 42.1. The van der Waals surface area contributed by atoms with Crippen LogP contribution in [0.3, 0.4) is 0 Å². The second-order valence-electron chi connectivity index (χ2n) is 17.3. The van der Waals surface area contributed by atoms with E-state index in [-0.39, 0.29) is 5.41 Å². The van der Waals surface area contributed by atoms with Crippen LogP contribution in [-0.2, 0) is 5.41 Å². The molecule has 1 aromatic heterocycles. The Morgan fingerprint density at radius 3 is 1.63 bits per heavy atom. The van der Waals surface area contributed by atoms with Crippen LogP contribution in [0.25, 0.3) is 88.3 Å². The van der Waals surface area contributed by atoms with Crippen LogP contribution < -0.4 is 4.90 Å². The number of anilines is 3. The summed E-state index contributed by atoms with van der Waals surface area (Å²) >= 11 is 0. The van der Waals surface area contributed by atoms with Crippen LogP contribution in [0.2, 0.25) is 0 Å². The Labute approximate surface area is 368 Å². The molecule has 1 heterocycles. The predicted octanol–water partition coefficient (Wildman–Crippen LogP) is 17.2. The van der Waals surface area contributed by atoms with Crippen molar-refractivity contribution in [2.24, 2.45) is 0 Å². The molecule has 0 atom stereocenters. The summed E-state index contributed by atoms with van der Waals surface area (Å²) in [7, 11) is 0. The van der Waals surface area contributed by atoms with E-state index in [1.807, 2.05) is 6.07 Å². The van der Waals surface area contributed by atoms with Crippen LogP contribution in [0.5, 0.6) is 0 Å². The molecule has 12 rings (SSSR count). The quantitative estimate of drug-likeness (QED) is 0.160. The molecule has 2 heteroatoms. The molecule has 1 aliphatic rings. The summed E-state index contributed by atoms with van der Waals surface area (Å²) < 4.78 is 6.51. The van der Waals surface area contributed by atoms with Crippen molar-refractivity contribution >= 4 is 49.8 Å². The first-order chi connectivity index (χ1) is 31.0. The zero-order valence-electron chi connectivity index (χ0n) is 35.2. The first-order valence-electron chi connectivity index (χ1n) is 21.8. The summed E-state index contributed by atoms with van der Waals surface area (Å²) in [5.74, 6) is 0. The van der Waals surface area contributed by atoms with E-state index >= 15 is 0 Å². The van der Waals surface area contributed by atoms with E-state index in [0.717, 1.165) is 44.6 Å². The van der Waals surface area contributed by atoms with Crippen molar-refractivity contribution in [2.75, 3.05) is 4.90 Å². The van der Waals surface area contributed by atoms with E-state index in [1.54, 1.807) is 0 Å². The Morgan fingerprint density at radius 1 is 0.333 bits per heavy atom. The molecule has 0 saturated heterocycles. The lowest BCUT2D eigenvalue weighted by Crippen LogP contribution is -2.17. The monoisotopic (exact) mass is 805 g/mol. The third kappa shape index (κ3) is 6.09. The van der Waals surface area contributed by atoms with Crippen LogP contribution in [0.1, 0.15) is 25.0 Å². The largest absolute Gasteiger partial charge is 0.455 e. The van der Waals surface area contributed by atoms with Gasteiger partial charge in [-0.05, 0) is 115 Å². The summed E-state index contributed by atoms with van der Waals surface area (Å²) in [5, 5.41) is 4.72. The predicted molar refractivity (Wildman–Crippen MR) is 265 cm³/mol. The van der Waals surface area contributed by atoms with Gasteiger partial charge in [-0.1, -0.05) is 190 Å². The van der Waals surface area contributed by atoms with Crippen molar-refractivity contribution in [1.82, 2.24) is 0 Å². The van der Waals surface area contributed by atoms with E-state index < -0.39 is 0 Å². The van der Waals surface area contributed by atoms with E-state index in [1.165, 1.54) is 72.0 Å². The van der Waals surface area contributed by atoms with Crippen LogP contribution in [0.4, 0.5) is 17.1 Å². The van der Waals surface area contributed by atoms with Crippen molar-refractivity contribution in [3.05, 3.63) is 236 Å². The van der Waals surface area contributed by atoms with E-state index in [9.17, 15) is 0 Å². The standard InChI is InChI=1S/C61H43NO/c1-61(2)56-38-45(49-24-14-25-55-54-23-11-12-26-59(54)63-60(49)55)29-33-51(56)52-34-32-47(39-57(52)61)62(58-36-35-48(42-17-7-4-8-18-42)50-21-9-10-22-53(50)58)46-30-27-41(28-31-46)44-20-13-19-43(37-44)40-15-5-3-6-16-40/h3-39H,1-2H3. The fourth-order valence-electron chi connectivity index (χ4n) is 10.1. The van der Waals surface area contributed by atoms with Gasteiger partial charge in [0.2, 0.25) is 0 Å². The van der Waals surface area contributed by atoms with Gasteiger partial charge in [0.15, 0.2) is 0 Å². The highest BCUT2D eigenvalue weighted by molar-refractivity contribution is 6.10. The van der Waals surface area contributed by atoms with Crippen molar-refractivity contribution in [3.63, 3.8) is 0 Å². The maximum atomic E-state index is 6.51. The summed E-state index contributed by atoms with van der Waals surface area (Å²) in [6.45, 7) is 4.75. The van der Waals surface area contributed by atoms with Gasteiger partial charge in [0.25, 0.3) is 0 Å². The molecule has 2 nitrogen and oxygen atoms in total. The van der Waals surface area contributed by atoms with E-state index in [4.69, 9.17) is 4.42 Å². The van der Waals surface area contributed by atoms with Crippen LogP contribution in [-0.4, -0.2) is 0 Å². The lowest BCUT2D eigenvalue weighted by Gasteiger charge is -2.29.